The number of carbonyl (C=O) groups is 1. The van der Waals surface area contributed by atoms with Crippen LogP contribution in [0.5, 0.6) is 0 Å². The summed E-state index contributed by atoms with van der Waals surface area (Å²) in [6.07, 6.45) is 6.48. The van der Waals surface area contributed by atoms with Gasteiger partial charge in [-0.15, -0.1) is 0 Å². The fourth-order valence-corrected chi connectivity index (χ4v) is 3.13. The summed E-state index contributed by atoms with van der Waals surface area (Å²) in [4.78, 5) is 12.4. The van der Waals surface area contributed by atoms with Crippen LogP contribution in [0.3, 0.4) is 0 Å². The minimum absolute atomic E-state index is 0.0408. The van der Waals surface area contributed by atoms with Crippen molar-refractivity contribution in [2.24, 2.45) is 0 Å². The summed E-state index contributed by atoms with van der Waals surface area (Å²) >= 11 is 0. The second kappa shape index (κ2) is 5.74. The van der Waals surface area contributed by atoms with Gasteiger partial charge in [0.1, 0.15) is 0 Å². The van der Waals surface area contributed by atoms with Gasteiger partial charge in [-0.2, -0.15) is 0 Å². The van der Waals surface area contributed by atoms with Crippen LogP contribution < -0.4 is 5.32 Å². The Hall–Kier alpha value is -1.35. The van der Waals surface area contributed by atoms with E-state index in [1.54, 1.807) is 0 Å². The van der Waals surface area contributed by atoms with Gasteiger partial charge in [-0.1, -0.05) is 43.5 Å². The summed E-state index contributed by atoms with van der Waals surface area (Å²) in [5.74, 6) is 0.0408. The first-order valence-electron chi connectivity index (χ1n) is 7.34. The number of carbonyl (C=O) groups excluding carboxylic acids is 1. The van der Waals surface area contributed by atoms with Crippen molar-refractivity contribution in [2.45, 2.75) is 50.7 Å². The molecule has 0 spiro atoms. The van der Waals surface area contributed by atoms with Crippen LogP contribution in [0, 0.1) is 0 Å². The van der Waals surface area contributed by atoms with Gasteiger partial charge >= 0.3 is 0 Å². The fraction of sp³-hybridized carbons (Fsp3) is 0.562. The predicted molar refractivity (Wildman–Crippen MR) is 73.9 cm³/mol. The molecule has 0 aromatic heterocycles. The molecule has 0 saturated heterocycles. The van der Waals surface area contributed by atoms with Crippen molar-refractivity contribution in [1.29, 1.82) is 0 Å². The van der Waals surface area contributed by atoms with Gasteiger partial charge in [0.05, 0.1) is 6.61 Å². The first kappa shape index (κ1) is 12.7. The summed E-state index contributed by atoms with van der Waals surface area (Å²) in [5.41, 5.74) is 2.29. The average Bonchev–Trinajstić information content (AvgIpc) is 2.47. The molecule has 1 N–H and O–H groups in total. The molecule has 3 nitrogen and oxygen atoms in total. The molecule has 3 heteroatoms. The monoisotopic (exact) mass is 259 g/mol. The van der Waals surface area contributed by atoms with E-state index in [1.165, 1.54) is 24.8 Å². The lowest BCUT2D eigenvalue weighted by atomic mass is 9.94. The van der Waals surface area contributed by atoms with Gasteiger partial charge < -0.3 is 10.1 Å². The molecule has 0 bridgehead atoms. The van der Waals surface area contributed by atoms with Crippen molar-refractivity contribution in [1.82, 2.24) is 5.32 Å². The highest BCUT2D eigenvalue weighted by atomic mass is 16.5. The molecule has 1 amide bonds. The quantitative estimate of drug-likeness (QED) is 0.887. The van der Waals surface area contributed by atoms with Crippen molar-refractivity contribution >= 4 is 5.91 Å². The predicted octanol–water partition coefficient (Wildman–Crippen LogP) is 2.75. The highest BCUT2D eigenvalue weighted by Gasteiger charge is 2.28. The molecule has 102 valence electrons. The number of benzene rings is 1. The maximum absolute atomic E-state index is 12.4. The van der Waals surface area contributed by atoms with Crippen LogP contribution in [0.15, 0.2) is 24.3 Å². The minimum Gasteiger partial charge on any atom is -0.363 e. The average molecular weight is 259 g/mol. The largest absolute Gasteiger partial charge is 0.363 e. The molecule has 1 fully saturated rings. The van der Waals surface area contributed by atoms with E-state index in [0.29, 0.717) is 12.6 Å². The molecule has 1 atom stereocenters. The van der Waals surface area contributed by atoms with Crippen LogP contribution in [-0.2, 0) is 16.0 Å². The highest BCUT2D eigenvalue weighted by Crippen LogP contribution is 2.27. The van der Waals surface area contributed by atoms with Crippen LogP contribution in [0.4, 0.5) is 0 Å². The van der Waals surface area contributed by atoms with Gasteiger partial charge in [0.25, 0.3) is 5.91 Å². The van der Waals surface area contributed by atoms with E-state index in [-0.39, 0.29) is 5.91 Å². The first-order chi connectivity index (χ1) is 9.34. The van der Waals surface area contributed by atoms with Gasteiger partial charge in [0, 0.05) is 6.04 Å². The van der Waals surface area contributed by atoms with Crippen molar-refractivity contribution in [2.75, 3.05) is 6.61 Å². The molecule has 1 heterocycles. The van der Waals surface area contributed by atoms with Gasteiger partial charge in [-0.3, -0.25) is 4.79 Å². The fourth-order valence-electron chi connectivity index (χ4n) is 3.13. The Labute approximate surface area is 114 Å². The topological polar surface area (TPSA) is 38.3 Å². The molecule has 19 heavy (non-hydrogen) atoms. The van der Waals surface area contributed by atoms with E-state index in [4.69, 9.17) is 4.74 Å². The van der Waals surface area contributed by atoms with E-state index in [0.717, 1.165) is 24.8 Å². The maximum atomic E-state index is 12.4. The van der Waals surface area contributed by atoms with Gasteiger partial charge in [0.15, 0.2) is 6.10 Å². The van der Waals surface area contributed by atoms with E-state index in [1.807, 2.05) is 18.2 Å². The molecule has 2 aliphatic rings. The van der Waals surface area contributed by atoms with Crippen LogP contribution in [-0.4, -0.2) is 18.6 Å². The number of fused-ring (bicyclic) bond motifs is 1. The number of hydrogen-bond donors (Lipinski definition) is 1. The Morgan fingerprint density at radius 2 is 1.95 bits per heavy atom. The lowest BCUT2D eigenvalue weighted by Crippen LogP contribution is -2.41. The van der Waals surface area contributed by atoms with Crippen molar-refractivity contribution in [3.05, 3.63) is 35.4 Å². The lowest BCUT2D eigenvalue weighted by Gasteiger charge is -2.28. The summed E-state index contributed by atoms with van der Waals surface area (Å²) in [6.45, 7) is 0.639. The number of nitrogens with one attached hydrogen (secondary N) is 1. The normalized spacial score (nSPS) is 23.7. The highest BCUT2D eigenvalue weighted by molar-refractivity contribution is 5.83. The Morgan fingerprint density at radius 1 is 1.16 bits per heavy atom. The van der Waals surface area contributed by atoms with E-state index in [2.05, 4.69) is 11.4 Å². The number of hydrogen-bond acceptors (Lipinski definition) is 2. The summed E-state index contributed by atoms with van der Waals surface area (Å²) in [7, 11) is 0. The molecule has 1 aromatic carbocycles. The zero-order valence-corrected chi connectivity index (χ0v) is 11.2. The molecule has 1 aliphatic carbocycles. The molecule has 0 radical (unpaired) electrons. The second-order valence-corrected chi connectivity index (χ2v) is 5.54. The van der Waals surface area contributed by atoms with Crippen LogP contribution in [0.2, 0.25) is 0 Å². The molecule has 3 rings (SSSR count). The third-order valence-corrected chi connectivity index (χ3v) is 4.18. The maximum Gasteiger partial charge on any atom is 0.253 e. The summed E-state index contributed by atoms with van der Waals surface area (Å²) < 4.78 is 5.70. The molecule has 1 aliphatic heterocycles. The summed E-state index contributed by atoms with van der Waals surface area (Å²) in [5, 5.41) is 3.17. The molecule has 0 unspecified atom stereocenters. The Morgan fingerprint density at radius 3 is 2.79 bits per heavy atom. The SMILES string of the molecule is O=C(NC1CCCCC1)[C@H]1OCCc2ccccc21. The van der Waals surface area contributed by atoms with Crippen molar-refractivity contribution in [3.8, 4) is 0 Å². The Balaban J connectivity index is 1.70. The van der Waals surface area contributed by atoms with Gasteiger partial charge in [-0.05, 0) is 30.4 Å². The third-order valence-electron chi connectivity index (χ3n) is 4.18. The number of rotatable bonds is 2. The standard InChI is InChI=1S/C16H21NO2/c18-16(17-13-7-2-1-3-8-13)15-14-9-5-4-6-12(14)10-11-19-15/h4-6,9,13,15H,1-3,7-8,10-11H2,(H,17,18)/t15-/m0/s1. The van der Waals surface area contributed by atoms with Crippen LogP contribution in [0.1, 0.15) is 49.3 Å². The number of ether oxygens (including phenoxy) is 1. The van der Waals surface area contributed by atoms with Crippen LogP contribution >= 0.6 is 0 Å². The lowest BCUT2D eigenvalue weighted by molar-refractivity contribution is -0.135. The molecular formula is C16H21NO2. The molecular weight excluding hydrogens is 238 g/mol. The van der Waals surface area contributed by atoms with Crippen molar-refractivity contribution < 1.29 is 9.53 Å². The summed E-state index contributed by atoms with van der Waals surface area (Å²) in [6, 6.07) is 8.46. The third kappa shape index (κ3) is 2.81. The first-order valence-corrected chi connectivity index (χ1v) is 7.34. The van der Waals surface area contributed by atoms with Crippen molar-refractivity contribution in [3.63, 3.8) is 0 Å². The zero-order chi connectivity index (χ0) is 13.1. The minimum atomic E-state index is -0.410. The van der Waals surface area contributed by atoms with Gasteiger partial charge in [-0.25, -0.2) is 0 Å². The van der Waals surface area contributed by atoms with Gasteiger partial charge in [0.2, 0.25) is 0 Å². The number of amides is 1. The molecule has 1 saturated carbocycles. The zero-order valence-electron chi connectivity index (χ0n) is 11.2. The Kier molecular flexibility index (Phi) is 3.83. The smallest absolute Gasteiger partial charge is 0.253 e. The molecule has 1 aromatic rings. The van der Waals surface area contributed by atoms with E-state index in [9.17, 15) is 4.79 Å². The van der Waals surface area contributed by atoms with E-state index < -0.39 is 6.10 Å². The second-order valence-electron chi connectivity index (χ2n) is 5.54. The van der Waals surface area contributed by atoms with Crippen LogP contribution in [0.25, 0.3) is 0 Å². The van der Waals surface area contributed by atoms with E-state index >= 15 is 0 Å². The Bertz CT molecular complexity index is 452.